The molecule has 0 radical (unpaired) electrons. The summed E-state index contributed by atoms with van der Waals surface area (Å²) in [4.78, 5) is 35.7. The van der Waals surface area contributed by atoms with Crippen molar-refractivity contribution < 1.29 is 19.1 Å². The Morgan fingerprint density at radius 1 is 0.852 bits per heavy atom. The van der Waals surface area contributed by atoms with Gasteiger partial charge in [-0.1, -0.05) is 68.4 Å². The lowest BCUT2D eigenvalue weighted by molar-refractivity contribution is -0.154. The SMILES string of the molecule is CC(C)c1ccc(C(=O)CCCCC(=O)C(=O)OCc2ccccc2)cc1. The highest BCUT2D eigenvalue weighted by Gasteiger charge is 2.15. The van der Waals surface area contributed by atoms with Gasteiger partial charge < -0.3 is 4.74 Å². The quantitative estimate of drug-likeness (QED) is 0.261. The third-order valence-corrected chi connectivity index (χ3v) is 4.40. The highest BCUT2D eigenvalue weighted by molar-refractivity contribution is 6.33. The summed E-state index contributed by atoms with van der Waals surface area (Å²) in [6, 6.07) is 16.9. The van der Waals surface area contributed by atoms with E-state index in [9.17, 15) is 14.4 Å². The number of esters is 1. The van der Waals surface area contributed by atoms with Gasteiger partial charge in [-0.25, -0.2) is 4.79 Å². The Kier molecular flexibility index (Phi) is 7.93. The van der Waals surface area contributed by atoms with Crippen LogP contribution in [0.1, 0.15) is 66.9 Å². The minimum Gasteiger partial charge on any atom is -0.455 e. The van der Waals surface area contributed by atoms with Gasteiger partial charge in [0, 0.05) is 18.4 Å². The smallest absolute Gasteiger partial charge is 0.374 e. The van der Waals surface area contributed by atoms with E-state index in [4.69, 9.17) is 4.74 Å². The lowest BCUT2D eigenvalue weighted by atomic mass is 9.98. The molecule has 0 heterocycles. The van der Waals surface area contributed by atoms with E-state index in [1.54, 1.807) is 0 Å². The number of hydrogen-bond acceptors (Lipinski definition) is 4. The summed E-state index contributed by atoms with van der Waals surface area (Å²) in [5.74, 6) is -0.861. The summed E-state index contributed by atoms with van der Waals surface area (Å²) < 4.78 is 5.01. The molecule has 0 unspecified atom stereocenters. The van der Waals surface area contributed by atoms with Gasteiger partial charge in [0.2, 0.25) is 5.78 Å². The van der Waals surface area contributed by atoms with Crippen LogP contribution in [0, 0.1) is 0 Å². The average molecular weight is 366 g/mol. The van der Waals surface area contributed by atoms with Crippen molar-refractivity contribution in [2.24, 2.45) is 0 Å². The minimum atomic E-state index is -0.811. The van der Waals surface area contributed by atoms with Crippen molar-refractivity contribution in [1.82, 2.24) is 0 Å². The molecule has 2 aromatic rings. The van der Waals surface area contributed by atoms with Crippen LogP contribution in [0.3, 0.4) is 0 Å². The number of ketones is 2. The Hall–Kier alpha value is -2.75. The monoisotopic (exact) mass is 366 g/mol. The number of unbranched alkanes of at least 4 members (excludes halogenated alkanes) is 1. The van der Waals surface area contributed by atoms with Gasteiger partial charge in [-0.05, 0) is 29.9 Å². The molecule has 142 valence electrons. The Bertz CT molecular complexity index is 761. The molecule has 0 aliphatic carbocycles. The molecule has 4 nitrogen and oxygen atoms in total. The number of benzene rings is 2. The molecule has 0 spiro atoms. The van der Waals surface area contributed by atoms with Gasteiger partial charge in [-0.2, -0.15) is 0 Å². The van der Waals surface area contributed by atoms with Crippen molar-refractivity contribution >= 4 is 17.5 Å². The van der Waals surface area contributed by atoms with Crippen molar-refractivity contribution in [2.75, 3.05) is 0 Å². The van der Waals surface area contributed by atoms with Crippen molar-refractivity contribution in [3.8, 4) is 0 Å². The molecule has 0 atom stereocenters. The third-order valence-electron chi connectivity index (χ3n) is 4.40. The number of hydrogen-bond donors (Lipinski definition) is 0. The Labute approximate surface area is 160 Å². The molecule has 0 bridgehead atoms. The second-order valence-electron chi connectivity index (χ2n) is 6.89. The van der Waals surface area contributed by atoms with Crippen LogP contribution in [0.15, 0.2) is 54.6 Å². The van der Waals surface area contributed by atoms with Gasteiger partial charge in [-0.3, -0.25) is 9.59 Å². The first kappa shape index (κ1) is 20.6. The number of Topliss-reactive ketones (excluding diaryl/α,β-unsaturated/α-hetero) is 2. The summed E-state index contributed by atoms with van der Waals surface area (Å²) in [5, 5.41) is 0. The van der Waals surface area contributed by atoms with Crippen molar-refractivity contribution in [3.05, 3.63) is 71.3 Å². The molecule has 2 aromatic carbocycles. The Morgan fingerprint density at radius 3 is 2.11 bits per heavy atom. The zero-order valence-corrected chi connectivity index (χ0v) is 15.9. The second kappa shape index (κ2) is 10.4. The molecule has 0 saturated carbocycles. The third kappa shape index (κ3) is 6.81. The van der Waals surface area contributed by atoms with E-state index in [2.05, 4.69) is 13.8 Å². The van der Waals surface area contributed by atoms with E-state index < -0.39 is 11.8 Å². The first-order chi connectivity index (χ1) is 13.0. The normalized spacial score (nSPS) is 10.6. The molecule has 2 rings (SSSR count). The summed E-state index contributed by atoms with van der Waals surface area (Å²) >= 11 is 0. The highest BCUT2D eigenvalue weighted by Crippen LogP contribution is 2.16. The van der Waals surface area contributed by atoms with Crippen LogP contribution in [-0.4, -0.2) is 17.5 Å². The van der Waals surface area contributed by atoms with Crippen molar-refractivity contribution in [1.29, 1.82) is 0 Å². The molecule has 0 N–H and O–H groups in total. The first-order valence-electron chi connectivity index (χ1n) is 9.34. The minimum absolute atomic E-state index is 0.0596. The Balaban J connectivity index is 1.67. The number of carbonyl (C=O) groups is 3. The van der Waals surface area contributed by atoms with E-state index in [-0.39, 0.29) is 18.8 Å². The average Bonchev–Trinajstić information content (AvgIpc) is 2.69. The van der Waals surface area contributed by atoms with Gasteiger partial charge in [0.1, 0.15) is 6.61 Å². The van der Waals surface area contributed by atoms with Crippen LogP contribution in [0.25, 0.3) is 0 Å². The fourth-order valence-corrected chi connectivity index (χ4v) is 2.68. The molecule has 0 aromatic heterocycles. The van der Waals surface area contributed by atoms with Crippen LogP contribution in [0.2, 0.25) is 0 Å². The summed E-state index contributed by atoms with van der Waals surface area (Å²) in [6.45, 7) is 4.31. The first-order valence-corrected chi connectivity index (χ1v) is 9.34. The standard InChI is InChI=1S/C23H26O4/c1-17(2)19-12-14-20(15-13-19)21(24)10-6-7-11-22(25)23(26)27-16-18-8-4-3-5-9-18/h3-5,8-9,12-15,17H,6-7,10-11,16H2,1-2H3. The lowest BCUT2D eigenvalue weighted by Gasteiger charge is -2.06. The maximum Gasteiger partial charge on any atom is 0.374 e. The lowest BCUT2D eigenvalue weighted by Crippen LogP contribution is -2.17. The fraction of sp³-hybridized carbons (Fsp3) is 0.348. The topological polar surface area (TPSA) is 60.4 Å². The molecule has 0 aliphatic heterocycles. The van der Waals surface area contributed by atoms with E-state index in [1.165, 1.54) is 5.56 Å². The molecule has 27 heavy (non-hydrogen) atoms. The largest absolute Gasteiger partial charge is 0.455 e. The Morgan fingerprint density at radius 2 is 1.48 bits per heavy atom. The van der Waals surface area contributed by atoms with Crippen molar-refractivity contribution in [3.63, 3.8) is 0 Å². The molecule has 0 amide bonds. The molecule has 0 aliphatic rings. The maximum absolute atomic E-state index is 12.2. The number of ether oxygens (including phenoxy) is 1. The molecule has 0 saturated heterocycles. The van der Waals surface area contributed by atoms with Gasteiger partial charge >= 0.3 is 5.97 Å². The fourth-order valence-electron chi connectivity index (χ4n) is 2.68. The van der Waals surface area contributed by atoms with E-state index in [0.717, 1.165) is 5.56 Å². The van der Waals surface area contributed by atoms with Crippen LogP contribution >= 0.6 is 0 Å². The molecule has 4 heteroatoms. The van der Waals surface area contributed by atoms with Gasteiger partial charge in [-0.15, -0.1) is 0 Å². The summed E-state index contributed by atoms with van der Waals surface area (Å²) in [6.07, 6.45) is 1.54. The summed E-state index contributed by atoms with van der Waals surface area (Å²) in [7, 11) is 0. The van der Waals surface area contributed by atoms with Crippen LogP contribution in [0.4, 0.5) is 0 Å². The predicted molar refractivity (Wildman–Crippen MR) is 105 cm³/mol. The van der Waals surface area contributed by atoms with Crippen LogP contribution < -0.4 is 0 Å². The van der Waals surface area contributed by atoms with Gasteiger partial charge in [0.25, 0.3) is 0 Å². The number of rotatable bonds is 10. The van der Waals surface area contributed by atoms with E-state index >= 15 is 0 Å². The van der Waals surface area contributed by atoms with E-state index in [0.29, 0.717) is 30.7 Å². The van der Waals surface area contributed by atoms with Crippen LogP contribution in [-0.2, 0) is 20.9 Å². The van der Waals surface area contributed by atoms with Crippen molar-refractivity contribution in [2.45, 2.75) is 52.1 Å². The molecular weight excluding hydrogens is 340 g/mol. The molecule has 0 fully saturated rings. The zero-order valence-electron chi connectivity index (χ0n) is 15.9. The number of carbonyl (C=O) groups excluding carboxylic acids is 3. The maximum atomic E-state index is 12.2. The van der Waals surface area contributed by atoms with Gasteiger partial charge in [0.05, 0.1) is 0 Å². The molecular formula is C23H26O4. The zero-order chi connectivity index (χ0) is 19.6. The van der Waals surface area contributed by atoms with Gasteiger partial charge in [0.15, 0.2) is 5.78 Å². The van der Waals surface area contributed by atoms with E-state index in [1.807, 2.05) is 54.6 Å². The summed E-state index contributed by atoms with van der Waals surface area (Å²) in [5.41, 5.74) is 2.73. The second-order valence-corrected chi connectivity index (χ2v) is 6.89. The highest BCUT2D eigenvalue weighted by atomic mass is 16.5. The van der Waals surface area contributed by atoms with Crippen LogP contribution in [0.5, 0.6) is 0 Å². The predicted octanol–water partition coefficient (Wildman–Crippen LogP) is 4.87.